The lowest BCUT2D eigenvalue weighted by molar-refractivity contribution is -0.384. The van der Waals surface area contributed by atoms with Crippen molar-refractivity contribution in [2.24, 2.45) is 5.92 Å². The van der Waals surface area contributed by atoms with E-state index in [0.717, 1.165) is 19.3 Å². The van der Waals surface area contributed by atoms with Crippen molar-refractivity contribution in [2.45, 2.75) is 45.1 Å². The standard InChI is InChI=1S/C15H19ClN2O3/c1-10-5-3-2-4-6-13(10)17-15(19)11-7-8-14(18(20)21)12(16)9-11/h7-10,13H,2-6H2,1H3,(H,17,19). The van der Waals surface area contributed by atoms with Crippen molar-refractivity contribution in [2.75, 3.05) is 0 Å². The van der Waals surface area contributed by atoms with Crippen LogP contribution in [0.3, 0.4) is 0 Å². The van der Waals surface area contributed by atoms with Crippen molar-refractivity contribution in [3.05, 3.63) is 38.9 Å². The van der Waals surface area contributed by atoms with Gasteiger partial charge in [0.05, 0.1) is 4.92 Å². The zero-order valence-electron chi connectivity index (χ0n) is 12.0. The van der Waals surface area contributed by atoms with Gasteiger partial charge in [-0.05, 0) is 30.9 Å². The molecule has 1 saturated carbocycles. The van der Waals surface area contributed by atoms with Crippen LogP contribution in [0.2, 0.25) is 5.02 Å². The second-order valence-electron chi connectivity index (χ2n) is 5.62. The number of nitro groups is 1. The third-order valence-corrected chi connectivity index (χ3v) is 4.39. The van der Waals surface area contributed by atoms with E-state index in [4.69, 9.17) is 11.6 Å². The molecule has 114 valence electrons. The lowest BCUT2D eigenvalue weighted by Crippen LogP contribution is -2.38. The van der Waals surface area contributed by atoms with Crippen molar-refractivity contribution in [1.82, 2.24) is 5.32 Å². The van der Waals surface area contributed by atoms with Gasteiger partial charge in [-0.2, -0.15) is 0 Å². The Labute approximate surface area is 128 Å². The second-order valence-corrected chi connectivity index (χ2v) is 6.03. The van der Waals surface area contributed by atoms with Gasteiger partial charge in [0, 0.05) is 17.7 Å². The maximum absolute atomic E-state index is 12.3. The third-order valence-electron chi connectivity index (χ3n) is 4.08. The Morgan fingerprint density at radius 3 is 2.71 bits per heavy atom. The Balaban J connectivity index is 2.09. The number of carbonyl (C=O) groups is 1. The molecule has 2 unspecified atom stereocenters. The van der Waals surface area contributed by atoms with Crippen LogP contribution in [0.5, 0.6) is 0 Å². The van der Waals surface area contributed by atoms with Crippen LogP contribution in [0.1, 0.15) is 49.4 Å². The number of rotatable bonds is 3. The average molecular weight is 311 g/mol. The van der Waals surface area contributed by atoms with Gasteiger partial charge in [0.2, 0.25) is 0 Å². The SMILES string of the molecule is CC1CCCCCC1NC(=O)c1ccc([N+](=O)[O-])c(Cl)c1. The minimum absolute atomic E-state index is 0.0124. The third kappa shape index (κ3) is 3.94. The smallest absolute Gasteiger partial charge is 0.287 e. The van der Waals surface area contributed by atoms with Gasteiger partial charge < -0.3 is 5.32 Å². The first-order chi connectivity index (χ1) is 9.99. The highest BCUT2D eigenvalue weighted by molar-refractivity contribution is 6.33. The number of hydrogen-bond donors (Lipinski definition) is 1. The zero-order valence-corrected chi connectivity index (χ0v) is 12.7. The molecule has 0 heterocycles. The van der Waals surface area contributed by atoms with E-state index in [9.17, 15) is 14.9 Å². The molecule has 1 amide bonds. The highest BCUT2D eigenvalue weighted by atomic mass is 35.5. The Bertz CT molecular complexity index is 548. The molecular formula is C15H19ClN2O3. The minimum Gasteiger partial charge on any atom is -0.349 e. The average Bonchev–Trinajstić information content (AvgIpc) is 2.63. The summed E-state index contributed by atoms with van der Waals surface area (Å²) in [5.41, 5.74) is 0.179. The van der Waals surface area contributed by atoms with E-state index in [1.54, 1.807) is 0 Å². The predicted molar refractivity (Wildman–Crippen MR) is 81.6 cm³/mol. The van der Waals surface area contributed by atoms with Crippen LogP contribution in [0.4, 0.5) is 5.69 Å². The first-order valence-corrected chi connectivity index (χ1v) is 7.61. The van der Waals surface area contributed by atoms with E-state index in [1.807, 2.05) is 0 Å². The lowest BCUT2D eigenvalue weighted by atomic mass is 9.96. The van der Waals surface area contributed by atoms with Gasteiger partial charge in [-0.3, -0.25) is 14.9 Å². The van der Waals surface area contributed by atoms with Crippen LogP contribution in [0.15, 0.2) is 18.2 Å². The fourth-order valence-electron chi connectivity index (χ4n) is 2.76. The summed E-state index contributed by atoms with van der Waals surface area (Å²) in [5, 5.41) is 13.7. The fourth-order valence-corrected chi connectivity index (χ4v) is 3.00. The topological polar surface area (TPSA) is 72.2 Å². The van der Waals surface area contributed by atoms with Gasteiger partial charge in [0.15, 0.2) is 0 Å². The van der Waals surface area contributed by atoms with Crippen LogP contribution in [-0.2, 0) is 0 Å². The molecule has 1 aromatic rings. The Morgan fingerprint density at radius 1 is 1.33 bits per heavy atom. The minimum atomic E-state index is -0.558. The van der Waals surface area contributed by atoms with E-state index < -0.39 is 4.92 Å². The second kappa shape index (κ2) is 6.89. The van der Waals surface area contributed by atoms with Gasteiger partial charge in [-0.15, -0.1) is 0 Å². The predicted octanol–water partition coefficient (Wildman–Crippen LogP) is 3.95. The molecule has 0 aromatic heterocycles. The first kappa shape index (κ1) is 15.8. The molecule has 0 spiro atoms. The lowest BCUT2D eigenvalue weighted by Gasteiger charge is -2.22. The van der Waals surface area contributed by atoms with Crippen LogP contribution >= 0.6 is 11.6 Å². The van der Waals surface area contributed by atoms with Crippen molar-refractivity contribution in [1.29, 1.82) is 0 Å². The molecule has 1 aliphatic carbocycles. The molecule has 1 fully saturated rings. The highest BCUT2D eigenvalue weighted by Gasteiger charge is 2.23. The monoisotopic (exact) mass is 310 g/mol. The summed E-state index contributed by atoms with van der Waals surface area (Å²) in [6, 6.07) is 4.24. The number of hydrogen-bond acceptors (Lipinski definition) is 3. The van der Waals surface area contributed by atoms with E-state index in [1.165, 1.54) is 31.0 Å². The molecule has 0 saturated heterocycles. The molecule has 21 heavy (non-hydrogen) atoms. The summed E-state index contributed by atoms with van der Waals surface area (Å²) in [6.07, 6.45) is 5.63. The Kier molecular flexibility index (Phi) is 5.17. The van der Waals surface area contributed by atoms with Crippen LogP contribution in [0.25, 0.3) is 0 Å². The van der Waals surface area contributed by atoms with Crippen LogP contribution in [0, 0.1) is 16.0 Å². The number of halogens is 1. The first-order valence-electron chi connectivity index (χ1n) is 7.24. The Hall–Kier alpha value is -1.62. The summed E-state index contributed by atoms with van der Waals surface area (Å²) < 4.78 is 0. The normalized spacial score (nSPS) is 22.4. The number of benzene rings is 1. The van der Waals surface area contributed by atoms with Crippen molar-refractivity contribution in [3.8, 4) is 0 Å². The molecule has 1 aliphatic rings. The summed E-state index contributed by atoms with van der Waals surface area (Å²) in [6.45, 7) is 2.15. The summed E-state index contributed by atoms with van der Waals surface area (Å²) in [4.78, 5) is 22.4. The van der Waals surface area contributed by atoms with Gasteiger partial charge in [0.25, 0.3) is 11.6 Å². The number of nitrogens with one attached hydrogen (secondary N) is 1. The highest BCUT2D eigenvalue weighted by Crippen LogP contribution is 2.26. The summed E-state index contributed by atoms with van der Waals surface area (Å²) in [7, 11) is 0. The van der Waals surface area contributed by atoms with Gasteiger partial charge in [0.1, 0.15) is 5.02 Å². The number of amides is 1. The molecule has 0 radical (unpaired) electrons. The number of nitrogens with zero attached hydrogens (tertiary/aromatic N) is 1. The molecule has 2 rings (SSSR count). The van der Waals surface area contributed by atoms with E-state index in [-0.39, 0.29) is 22.7 Å². The molecule has 2 atom stereocenters. The van der Waals surface area contributed by atoms with E-state index >= 15 is 0 Å². The number of nitro benzene ring substituents is 1. The van der Waals surface area contributed by atoms with Gasteiger partial charge in [-0.1, -0.05) is 37.8 Å². The van der Waals surface area contributed by atoms with Crippen molar-refractivity contribution < 1.29 is 9.72 Å². The van der Waals surface area contributed by atoms with Crippen molar-refractivity contribution in [3.63, 3.8) is 0 Å². The van der Waals surface area contributed by atoms with Gasteiger partial charge >= 0.3 is 0 Å². The van der Waals surface area contributed by atoms with Crippen molar-refractivity contribution >= 4 is 23.2 Å². The largest absolute Gasteiger partial charge is 0.349 e. The summed E-state index contributed by atoms with van der Waals surface area (Å²) >= 11 is 5.84. The molecular weight excluding hydrogens is 292 g/mol. The molecule has 0 aliphatic heterocycles. The molecule has 6 heteroatoms. The molecule has 5 nitrogen and oxygen atoms in total. The maximum Gasteiger partial charge on any atom is 0.287 e. The van der Waals surface area contributed by atoms with E-state index in [0.29, 0.717) is 11.5 Å². The molecule has 0 bridgehead atoms. The van der Waals surface area contributed by atoms with Crippen LogP contribution < -0.4 is 5.32 Å². The molecule has 1 N–H and O–H groups in total. The van der Waals surface area contributed by atoms with Crippen LogP contribution in [-0.4, -0.2) is 16.9 Å². The molecule has 1 aromatic carbocycles. The van der Waals surface area contributed by atoms with Gasteiger partial charge in [-0.25, -0.2) is 0 Å². The number of carbonyl (C=O) groups excluding carboxylic acids is 1. The fraction of sp³-hybridized carbons (Fsp3) is 0.533. The Morgan fingerprint density at radius 2 is 2.05 bits per heavy atom. The quantitative estimate of drug-likeness (QED) is 0.522. The summed E-state index contributed by atoms with van der Waals surface area (Å²) in [5.74, 6) is 0.232. The maximum atomic E-state index is 12.3. The van der Waals surface area contributed by atoms with E-state index in [2.05, 4.69) is 12.2 Å². The zero-order chi connectivity index (χ0) is 15.4.